The van der Waals surface area contributed by atoms with Crippen LogP contribution in [0.5, 0.6) is 0 Å². The molecule has 0 aliphatic heterocycles. The van der Waals surface area contributed by atoms with Crippen molar-refractivity contribution in [1.82, 2.24) is 15.2 Å². The van der Waals surface area contributed by atoms with Gasteiger partial charge >= 0.3 is 0 Å². The second kappa shape index (κ2) is 4.69. The first kappa shape index (κ1) is 9.92. The van der Waals surface area contributed by atoms with Crippen molar-refractivity contribution in [3.63, 3.8) is 0 Å². The molecule has 62 valence electrons. The van der Waals surface area contributed by atoms with Crippen LogP contribution in [-0.2, 0) is 10.1 Å². The Labute approximate surface area is 64.1 Å². The van der Waals surface area contributed by atoms with Gasteiger partial charge in [-0.3, -0.25) is 4.55 Å². The molecule has 1 N–H and O–H groups in total. The lowest BCUT2D eigenvalue weighted by Gasteiger charge is -1.69. The Morgan fingerprint density at radius 1 is 1.27 bits per heavy atom. The minimum absolute atomic E-state index is 0.715. The Hall–Kier alpha value is -1.08. The Bertz CT molecular complexity index is 237. The smallest absolute Gasteiger partial charge is 0.261 e. The van der Waals surface area contributed by atoms with E-state index in [0.29, 0.717) is 6.26 Å². The summed E-state index contributed by atoms with van der Waals surface area (Å²) in [5.74, 6) is 0. The van der Waals surface area contributed by atoms with Gasteiger partial charge in [0.15, 0.2) is 0 Å². The SMILES string of the molecule is CS(=O)(=O)O.c1cnncn1. The van der Waals surface area contributed by atoms with Crippen LogP contribution in [0.25, 0.3) is 0 Å². The summed E-state index contributed by atoms with van der Waals surface area (Å²) in [6.45, 7) is 0. The van der Waals surface area contributed by atoms with Crippen molar-refractivity contribution < 1.29 is 13.0 Å². The van der Waals surface area contributed by atoms with Crippen LogP contribution in [0.15, 0.2) is 18.7 Å². The highest BCUT2D eigenvalue weighted by molar-refractivity contribution is 7.85. The quantitative estimate of drug-likeness (QED) is 0.530. The molecule has 0 unspecified atom stereocenters. The number of aromatic nitrogens is 3. The van der Waals surface area contributed by atoms with Gasteiger partial charge in [0.25, 0.3) is 10.1 Å². The summed E-state index contributed by atoms with van der Waals surface area (Å²) in [5.41, 5.74) is 0. The highest BCUT2D eigenvalue weighted by Gasteiger charge is 1.81. The van der Waals surface area contributed by atoms with E-state index in [4.69, 9.17) is 4.55 Å². The molecule has 11 heavy (non-hydrogen) atoms. The summed E-state index contributed by atoms with van der Waals surface area (Å²) < 4.78 is 25.9. The van der Waals surface area contributed by atoms with Crippen molar-refractivity contribution in [2.75, 3.05) is 6.26 Å². The van der Waals surface area contributed by atoms with E-state index in [2.05, 4.69) is 15.2 Å². The van der Waals surface area contributed by atoms with E-state index in [1.807, 2.05) is 0 Å². The molecule has 0 aliphatic rings. The van der Waals surface area contributed by atoms with Crippen molar-refractivity contribution >= 4 is 10.1 Å². The van der Waals surface area contributed by atoms with Crippen LogP contribution in [-0.4, -0.2) is 34.4 Å². The third-order valence-electron chi connectivity index (χ3n) is 0.404. The molecule has 1 heterocycles. The molecule has 0 saturated heterocycles. The van der Waals surface area contributed by atoms with E-state index >= 15 is 0 Å². The zero-order valence-electron chi connectivity index (χ0n) is 5.75. The topological polar surface area (TPSA) is 93.0 Å². The number of rotatable bonds is 0. The fourth-order valence-corrected chi connectivity index (χ4v) is 0.205. The van der Waals surface area contributed by atoms with E-state index < -0.39 is 10.1 Å². The number of nitrogens with zero attached hydrogens (tertiary/aromatic N) is 3. The third kappa shape index (κ3) is 17.6. The second-order valence-corrected chi connectivity index (χ2v) is 2.99. The molecule has 0 spiro atoms. The van der Waals surface area contributed by atoms with E-state index in [1.54, 1.807) is 6.20 Å². The molecule has 1 aromatic heterocycles. The van der Waals surface area contributed by atoms with E-state index in [9.17, 15) is 8.42 Å². The minimum Gasteiger partial charge on any atom is -0.286 e. The predicted octanol–water partition coefficient (Wildman–Crippen LogP) is -0.624. The van der Waals surface area contributed by atoms with Crippen LogP contribution in [0.2, 0.25) is 0 Å². The van der Waals surface area contributed by atoms with Gasteiger partial charge in [-0.1, -0.05) is 0 Å². The van der Waals surface area contributed by atoms with E-state index in [-0.39, 0.29) is 0 Å². The molecule has 0 bridgehead atoms. The molecule has 7 heteroatoms. The average molecular weight is 177 g/mol. The molecule has 0 radical (unpaired) electrons. The van der Waals surface area contributed by atoms with Crippen LogP contribution in [0.4, 0.5) is 0 Å². The molecule has 6 nitrogen and oxygen atoms in total. The van der Waals surface area contributed by atoms with Crippen LogP contribution in [0.1, 0.15) is 0 Å². The van der Waals surface area contributed by atoms with Gasteiger partial charge in [0, 0.05) is 6.20 Å². The molecule has 1 aromatic rings. The molecule has 0 saturated carbocycles. The Kier molecular flexibility index (Phi) is 4.23. The van der Waals surface area contributed by atoms with Gasteiger partial charge in [-0.25, -0.2) is 4.98 Å². The highest BCUT2D eigenvalue weighted by Crippen LogP contribution is 1.60. The zero-order chi connectivity index (χ0) is 8.74. The Balaban J connectivity index is 0.000000187. The van der Waals surface area contributed by atoms with Crippen molar-refractivity contribution in [3.05, 3.63) is 18.7 Å². The van der Waals surface area contributed by atoms with Crippen LogP contribution in [0.3, 0.4) is 0 Å². The van der Waals surface area contributed by atoms with Gasteiger partial charge in [0.2, 0.25) is 0 Å². The molecule has 0 aromatic carbocycles. The Morgan fingerprint density at radius 3 is 1.91 bits per heavy atom. The second-order valence-electron chi connectivity index (χ2n) is 1.53. The van der Waals surface area contributed by atoms with Crippen molar-refractivity contribution in [2.45, 2.75) is 0 Å². The average Bonchev–Trinajstić information content (AvgIpc) is 1.88. The van der Waals surface area contributed by atoms with Gasteiger partial charge in [0.05, 0.1) is 12.5 Å². The lowest BCUT2D eigenvalue weighted by molar-refractivity contribution is 0.490. The van der Waals surface area contributed by atoms with Gasteiger partial charge in [0.1, 0.15) is 6.33 Å². The highest BCUT2D eigenvalue weighted by atomic mass is 32.2. The normalized spacial score (nSPS) is 9.64. The minimum atomic E-state index is -3.67. The van der Waals surface area contributed by atoms with Crippen LogP contribution in [0, 0.1) is 0 Å². The van der Waals surface area contributed by atoms with E-state index in [1.165, 1.54) is 12.5 Å². The van der Waals surface area contributed by atoms with Crippen LogP contribution >= 0.6 is 0 Å². The Morgan fingerprint density at radius 2 is 1.82 bits per heavy atom. The van der Waals surface area contributed by atoms with Gasteiger partial charge in [-0.15, -0.1) is 5.10 Å². The molecular weight excluding hydrogens is 170 g/mol. The number of hydrogen-bond acceptors (Lipinski definition) is 5. The number of hydrogen-bond donors (Lipinski definition) is 1. The summed E-state index contributed by atoms with van der Waals surface area (Å²) in [4.78, 5) is 3.61. The summed E-state index contributed by atoms with van der Waals surface area (Å²) in [7, 11) is -3.67. The molecular formula is C4H7N3O3S. The maximum Gasteiger partial charge on any atom is 0.261 e. The lowest BCUT2D eigenvalue weighted by atomic mass is 10.9. The summed E-state index contributed by atoms with van der Waals surface area (Å²) in [5, 5.41) is 6.90. The van der Waals surface area contributed by atoms with Crippen molar-refractivity contribution in [2.24, 2.45) is 0 Å². The molecule has 0 atom stereocenters. The van der Waals surface area contributed by atoms with Crippen molar-refractivity contribution in [3.8, 4) is 0 Å². The van der Waals surface area contributed by atoms with Gasteiger partial charge in [-0.05, 0) is 0 Å². The van der Waals surface area contributed by atoms with Crippen LogP contribution < -0.4 is 0 Å². The molecule has 0 aliphatic carbocycles. The molecule has 1 rings (SSSR count). The van der Waals surface area contributed by atoms with Gasteiger partial charge < -0.3 is 0 Å². The maximum absolute atomic E-state index is 9.19. The van der Waals surface area contributed by atoms with Gasteiger partial charge in [-0.2, -0.15) is 13.5 Å². The summed E-state index contributed by atoms with van der Waals surface area (Å²) in [6.07, 6.45) is 5.21. The first-order valence-corrected chi connectivity index (χ1v) is 4.34. The molecule has 0 fully saturated rings. The zero-order valence-corrected chi connectivity index (χ0v) is 6.56. The van der Waals surface area contributed by atoms with Crippen molar-refractivity contribution in [1.29, 1.82) is 0 Å². The predicted molar refractivity (Wildman–Crippen MR) is 37.3 cm³/mol. The monoisotopic (exact) mass is 177 g/mol. The lowest BCUT2D eigenvalue weighted by Crippen LogP contribution is -1.88. The first-order valence-electron chi connectivity index (χ1n) is 2.49. The third-order valence-corrected chi connectivity index (χ3v) is 0.404. The standard InChI is InChI=1S/C3H3N3.CH4O3S/c1-2-5-6-3-4-1;1-5(2,3)4/h1-3H;1H3,(H,2,3,4). The largest absolute Gasteiger partial charge is 0.286 e. The fraction of sp³-hybridized carbons (Fsp3) is 0.250. The van der Waals surface area contributed by atoms with E-state index in [0.717, 1.165) is 0 Å². The molecule has 0 amide bonds. The fourth-order valence-electron chi connectivity index (χ4n) is 0.205. The summed E-state index contributed by atoms with van der Waals surface area (Å²) >= 11 is 0. The summed E-state index contributed by atoms with van der Waals surface area (Å²) in [6, 6.07) is 0. The first-order chi connectivity index (χ1) is 5.00. The maximum atomic E-state index is 9.19.